The molecular weight excluding hydrogens is 308 g/mol. The van der Waals surface area contributed by atoms with Crippen molar-refractivity contribution in [2.45, 2.75) is 6.92 Å². The fraction of sp³-hybridized carbons (Fsp3) is 0.111. The number of aryl methyl sites for hydroxylation is 1. The van der Waals surface area contributed by atoms with Crippen LogP contribution >= 0.6 is 0 Å². The summed E-state index contributed by atoms with van der Waals surface area (Å²) in [6.45, 7) is 1.96. The third-order valence-corrected chi connectivity index (χ3v) is 3.22. The number of carbonyl (C=O) groups excluding carboxylic acids is 1. The number of nitro benzene ring substituents is 1. The van der Waals surface area contributed by atoms with Gasteiger partial charge in [-0.15, -0.1) is 0 Å². The van der Waals surface area contributed by atoms with E-state index in [4.69, 9.17) is 4.74 Å². The summed E-state index contributed by atoms with van der Waals surface area (Å²) >= 11 is 0. The van der Waals surface area contributed by atoms with Gasteiger partial charge in [0.05, 0.1) is 17.7 Å². The Balaban J connectivity index is 2.26. The van der Waals surface area contributed by atoms with Crippen molar-refractivity contribution in [3.05, 3.63) is 75.8 Å². The summed E-state index contributed by atoms with van der Waals surface area (Å²) in [5.41, 5.74) is 2.58. The second-order valence-corrected chi connectivity index (χ2v) is 5.01. The SMILES string of the molecule is COC(=O)C(/C=C/c1ccc([N+](=O)[O-])cc1)=Nc1ccc(C)cc1. The molecule has 0 fully saturated rings. The first-order chi connectivity index (χ1) is 11.5. The number of hydrogen-bond acceptors (Lipinski definition) is 5. The zero-order chi connectivity index (χ0) is 17.5. The number of methoxy groups -OCH3 is 1. The van der Waals surface area contributed by atoms with E-state index in [1.165, 1.54) is 25.3 Å². The molecule has 0 heterocycles. The molecule has 0 unspecified atom stereocenters. The monoisotopic (exact) mass is 324 g/mol. The van der Waals surface area contributed by atoms with Crippen LogP contribution in [0.4, 0.5) is 11.4 Å². The van der Waals surface area contributed by atoms with Crippen LogP contribution in [0.1, 0.15) is 11.1 Å². The smallest absolute Gasteiger partial charge is 0.356 e. The Hall–Kier alpha value is -3.28. The molecule has 0 radical (unpaired) electrons. The number of carbonyl (C=O) groups is 1. The molecule has 0 amide bonds. The van der Waals surface area contributed by atoms with Crippen molar-refractivity contribution in [3.8, 4) is 0 Å². The largest absolute Gasteiger partial charge is 0.464 e. The quantitative estimate of drug-likeness (QED) is 0.362. The first-order valence-corrected chi connectivity index (χ1v) is 7.16. The Labute approximate surface area is 139 Å². The third-order valence-electron chi connectivity index (χ3n) is 3.22. The highest BCUT2D eigenvalue weighted by atomic mass is 16.6. The number of aliphatic imine (C=N–C) groups is 1. The lowest BCUT2D eigenvalue weighted by molar-refractivity contribution is -0.384. The molecule has 0 bridgehead atoms. The van der Waals surface area contributed by atoms with Gasteiger partial charge < -0.3 is 4.74 Å². The van der Waals surface area contributed by atoms with E-state index < -0.39 is 10.9 Å². The normalized spacial score (nSPS) is 11.5. The molecule has 0 N–H and O–H groups in total. The van der Waals surface area contributed by atoms with Gasteiger partial charge in [-0.05, 0) is 42.8 Å². The standard InChI is InChI=1S/C18H16N2O4/c1-13-3-8-15(9-4-13)19-17(18(21)24-2)12-7-14-5-10-16(11-6-14)20(22)23/h3-12H,1-2H3/b12-7+,19-17?. The highest BCUT2D eigenvalue weighted by Crippen LogP contribution is 2.15. The molecule has 0 aliphatic heterocycles. The second kappa shape index (κ2) is 7.82. The number of nitrogens with zero attached hydrogens (tertiary/aromatic N) is 2. The van der Waals surface area contributed by atoms with Crippen LogP contribution in [0.25, 0.3) is 6.08 Å². The highest BCUT2D eigenvalue weighted by Gasteiger charge is 2.09. The van der Waals surface area contributed by atoms with E-state index in [-0.39, 0.29) is 11.4 Å². The van der Waals surface area contributed by atoms with E-state index in [1.807, 2.05) is 19.1 Å². The summed E-state index contributed by atoms with van der Waals surface area (Å²) in [5.74, 6) is -0.561. The van der Waals surface area contributed by atoms with Crippen molar-refractivity contribution < 1.29 is 14.5 Å². The highest BCUT2D eigenvalue weighted by molar-refractivity contribution is 6.42. The summed E-state index contributed by atoms with van der Waals surface area (Å²) in [6, 6.07) is 13.4. The van der Waals surface area contributed by atoms with Gasteiger partial charge in [-0.3, -0.25) is 10.1 Å². The lowest BCUT2D eigenvalue weighted by Gasteiger charge is -2.01. The minimum absolute atomic E-state index is 0.00802. The number of hydrogen-bond donors (Lipinski definition) is 0. The molecule has 0 spiro atoms. The maximum Gasteiger partial charge on any atom is 0.356 e. The van der Waals surface area contributed by atoms with Crippen molar-refractivity contribution in [1.82, 2.24) is 0 Å². The van der Waals surface area contributed by atoms with E-state index in [0.717, 1.165) is 5.56 Å². The van der Waals surface area contributed by atoms with E-state index in [9.17, 15) is 14.9 Å². The minimum Gasteiger partial charge on any atom is -0.464 e. The van der Waals surface area contributed by atoms with Gasteiger partial charge in [0.25, 0.3) is 5.69 Å². The summed E-state index contributed by atoms with van der Waals surface area (Å²) in [4.78, 5) is 26.3. The molecule has 6 heteroatoms. The predicted octanol–water partition coefficient (Wildman–Crippen LogP) is 3.86. The molecule has 2 aromatic carbocycles. The zero-order valence-electron chi connectivity index (χ0n) is 13.3. The number of benzene rings is 2. The van der Waals surface area contributed by atoms with Gasteiger partial charge in [0.2, 0.25) is 0 Å². The van der Waals surface area contributed by atoms with Crippen LogP contribution in [-0.4, -0.2) is 23.7 Å². The molecule has 24 heavy (non-hydrogen) atoms. The Morgan fingerprint density at radius 3 is 2.29 bits per heavy atom. The number of rotatable bonds is 5. The van der Waals surface area contributed by atoms with Crippen LogP contribution in [0, 0.1) is 17.0 Å². The molecule has 0 saturated carbocycles. The summed E-state index contributed by atoms with van der Waals surface area (Å²) < 4.78 is 4.74. The second-order valence-electron chi connectivity index (χ2n) is 5.01. The van der Waals surface area contributed by atoms with Crippen molar-refractivity contribution in [2.24, 2.45) is 4.99 Å². The fourth-order valence-corrected chi connectivity index (χ4v) is 1.90. The molecule has 122 valence electrons. The molecule has 0 saturated heterocycles. The maximum absolute atomic E-state index is 11.9. The molecule has 6 nitrogen and oxygen atoms in total. The summed E-state index contributed by atoms with van der Waals surface area (Å²) in [6.07, 6.45) is 3.17. The van der Waals surface area contributed by atoms with Gasteiger partial charge in [-0.1, -0.05) is 23.8 Å². The average molecular weight is 324 g/mol. The molecule has 0 aliphatic rings. The van der Waals surface area contributed by atoms with Crippen LogP contribution in [0.2, 0.25) is 0 Å². The Bertz CT molecular complexity index is 791. The van der Waals surface area contributed by atoms with Gasteiger partial charge in [-0.25, -0.2) is 9.79 Å². The van der Waals surface area contributed by atoms with Gasteiger partial charge in [0, 0.05) is 12.1 Å². The number of esters is 1. The van der Waals surface area contributed by atoms with Crippen LogP contribution in [0.15, 0.2) is 59.6 Å². The lowest BCUT2D eigenvalue weighted by Crippen LogP contribution is -2.12. The van der Waals surface area contributed by atoms with Crippen LogP contribution in [0.5, 0.6) is 0 Å². The Kier molecular flexibility index (Phi) is 5.57. The summed E-state index contributed by atoms with van der Waals surface area (Å²) in [5, 5.41) is 10.6. The molecule has 2 rings (SSSR count). The van der Waals surface area contributed by atoms with E-state index in [0.29, 0.717) is 11.3 Å². The number of nitro groups is 1. The van der Waals surface area contributed by atoms with Gasteiger partial charge >= 0.3 is 5.97 Å². The van der Waals surface area contributed by atoms with Gasteiger partial charge in [-0.2, -0.15) is 0 Å². The molecular formula is C18H16N2O4. The maximum atomic E-state index is 11.9. The van der Waals surface area contributed by atoms with Gasteiger partial charge in [0.15, 0.2) is 0 Å². The molecule has 0 atom stereocenters. The predicted molar refractivity (Wildman–Crippen MR) is 92.4 cm³/mol. The number of ether oxygens (including phenoxy) is 1. The third kappa shape index (κ3) is 4.61. The van der Waals surface area contributed by atoms with Crippen molar-refractivity contribution in [1.29, 1.82) is 0 Å². The lowest BCUT2D eigenvalue weighted by atomic mass is 10.1. The molecule has 0 aromatic heterocycles. The van der Waals surface area contributed by atoms with Crippen molar-refractivity contribution in [2.75, 3.05) is 7.11 Å². The van der Waals surface area contributed by atoms with Crippen molar-refractivity contribution in [3.63, 3.8) is 0 Å². The van der Waals surface area contributed by atoms with Gasteiger partial charge in [0.1, 0.15) is 5.71 Å². The number of non-ortho nitro benzene ring substituents is 1. The summed E-state index contributed by atoms with van der Waals surface area (Å²) in [7, 11) is 1.28. The molecule has 2 aromatic rings. The molecule has 0 aliphatic carbocycles. The van der Waals surface area contributed by atoms with E-state index in [2.05, 4.69) is 4.99 Å². The van der Waals surface area contributed by atoms with Crippen LogP contribution in [0.3, 0.4) is 0 Å². The fourth-order valence-electron chi connectivity index (χ4n) is 1.90. The van der Waals surface area contributed by atoms with Crippen molar-refractivity contribution >= 4 is 29.1 Å². The Morgan fingerprint density at radius 1 is 1.12 bits per heavy atom. The first-order valence-electron chi connectivity index (χ1n) is 7.16. The first kappa shape index (κ1) is 17.1. The average Bonchev–Trinajstić information content (AvgIpc) is 2.60. The van der Waals surface area contributed by atoms with Crippen LogP contribution < -0.4 is 0 Å². The van der Waals surface area contributed by atoms with E-state index in [1.54, 1.807) is 30.3 Å². The van der Waals surface area contributed by atoms with Crippen LogP contribution in [-0.2, 0) is 9.53 Å². The zero-order valence-corrected chi connectivity index (χ0v) is 13.3. The Morgan fingerprint density at radius 2 is 1.75 bits per heavy atom. The minimum atomic E-state index is -0.561. The topological polar surface area (TPSA) is 81.8 Å². The van der Waals surface area contributed by atoms with E-state index >= 15 is 0 Å².